The van der Waals surface area contributed by atoms with Crippen molar-refractivity contribution >= 4 is 5.91 Å². The summed E-state index contributed by atoms with van der Waals surface area (Å²) < 4.78 is 41.7. The Bertz CT molecular complexity index is 992. The molecule has 2 heterocycles. The fraction of sp³-hybridized carbons (Fsp3) is 0.238. The maximum absolute atomic E-state index is 13.9. The number of hydrogen-bond donors (Lipinski definition) is 0. The van der Waals surface area contributed by atoms with Crippen LogP contribution in [0.3, 0.4) is 0 Å². The van der Waals surface area contributed by atoms with Gasteiger partial charge >= 0.3 is 0 Å². The number of halogens is 3. The third-order valence-corrected chi connectivity index (χ3v) is 5.11. The zero-order valence-electron chi connectivity index (χ0n) is 15.0. The standard InChI is InChI=1S/C21H18F3N3O/c22-16-1-4-18(5-2-16)27-13-15(12-25-27)14-7-9-26(10-8-14)21(28)19-6-3-17(23)11-20(19)24/h1-6,11-14H,7-10H2. The van der Waals surface area contributed by atoms with Gasteiger partial charge in [0, 0.05) is 25.4 Å². The Hall–Kier alpha value is -3.09. The third-order valence-electron chi connectivity index (χ3n) is 5.11. The lowest BCUT2D eigenvalue weighted by atomic mass is 9.91. The molecule has 0 spiro atoms. The molecule has 0 bridgehead atoms. The summed E-state index contributed by atoms with van der Waals surface area (Å²) in [6.07, 6.45) is 5.15. The van der Waals surface area contributed by atoms with E-state index in [1.807, 2.05) is 6.20 Å². The van der Waals surface area contributed by atoms with Crippen molar-refractivity contribution < 1.29 is 18.0 Å². The van der Waals surface area contributed by atoms with E-state index in [2.05, 4.69) is 5.10 Å². The van der Waals surface area contributed by atoms with Crippen molar-refractivity contribution in [1.82, 2.24) is 14.7 Å². The molecule has 4 rings (SSSR count). The van der Waals surface area contributed by atoms with Crippen LogP contribution in [0.5, 0.6) is 0 Å². The van der Waals surface area contributed by atoms with Crippen LogP contribution in [0.25, 0.3) is 5.69 Å². The molecule has 1 aliphatic heterocycles. The van der Waals surface area contributed by atoms with Crippen LogP contribution < -0.4 is 0 Å². The van der Waals surface area contributed by atoms with Gasteiger partial charge in [-0.2, -0.15) is 5.10 Å². The van der Waals surface area contributed by atoms with Crippen LogP contribution in [-0.2, 0) is 0 Å². The highest BCUT2D eigenvalue weighted by molar-refractivity contribution is 5.94. The van der Waals surface area contributed by atoms with Gasteiger partial charge in [0.2, 0.25) is 0 Å². The van der Waals surface area contributed by atoms with Gasteiger partial charge in [0.05, 0.1) is 17.4 Å². The lowest BCUT2D eigenvalue weighted by Crippen LogP contribution is -2.38. The minimum absolute atomic E-state index is 0.107. The van der Waals surface area contributed by atoms with E-state index in [1.165, 1.54) is 18.2 Å². The monoisotopic (exact) mass is 385 g/mol. The number of carbonyl (C=O) groups excluding carboxylic acids is 1. The smallest absolute Gasteiger partial charge is 0.256 e. The van der Waals surface area contributed by atoms with Crippen LogP contribution in [0.15, 0.2) is 54.9 Å². The zero-order chi connectivity index (χ0) is 19.7. The average molecular weight is 385 g/mol. The van der Waals surface area contributed by atoms with Gasteiger partial charge in [0.25, 0.3) is 5.91 Å². The average Bonchev–Trinajstić information content (AvgIpc) is 3.18. The molecule has 0 aliphatic carbocycles. The van der Waals surface area contributed by atoms with Crippen LogP contribution in [0.1, 0.15) is 34.7 Å². The topological polar surface area (TPSA) is 38.1 Å². The molecular weight excluding hydrogens is 367 g/mol. The molecule has 7 heteroatoms. The normalized spacial score (nSPS) is 15.0. The van der Waals surface area contributed by atoms with E-state index in [-0.39, 0.29) is 17.3 Å². The molecule has 144 valence electrons. The van der Waals surface area contributed by atoms with Crippen molar-refractivity contribution in [3.05, 3.63) is 83.4 Å². The van der Waals surface area contributed by atoms with E-state index in [4.69, 9.17) is 0 Å². The Kier molecular flexibility index (Phi) is 4.90. The summed E-state index contributed by atoms with van der Waals surface area (Å²) in [4.78, 5) is 14.1. The second kappa shape index (κ2) is 7.50. The molecule has 2 aromatic carbocycles. The Morgan fingerprint density at radius 2 is 1.64 bits per heavy atom. The molecule has 0 atom stereocenters. The van der Waals surface area contributed by atoms with Crippen molar-refractivity contribution in [1.29, 1.82) is 0 Å². The van der Waals surface area contributed by atoms with Crippen LogP contribution in [0.4, 0.5) is 13.2 Å². The van der Waals surface area contributed by atoms with E-state index < -0.39 is 17.5 Å². The van der Waals surface area contributed by atoms with Gasteiger partial charge in [-0.15, -0.1) is 0 Å². The fourth-order valence-electron chi connectivity index (χ4n) is 3.53. The summed E-state index contributed by atoms with van der Waals surface area (Å²) in [7, 11) is 0. The summed E-state index contributed by atoms with van der Waals surface area (Å²) in [6.45, 7) is 0.976. The number of carbonyl (C=O) groups is 1. The van der Waals surface area contributed by atoms with Crippen LogP contribution >= 0.6 is 0 Å². The summed E-state index contributed by atoms with van der Waals surface area (Å²) in [6, 6.07) is 9.09. The predicted molar refractivity (Wildman–Crippen MR) is 97.8 cm³/mol. The van der Waals surface area contributed by atoms with Gasteiger partial charge in [-0.3, -0.25) is 4.79 Å². The second-order valence-electron chi connectivity index (χ2n) is 6.89. The van der Waals surface area contributed by atoms with Crippen molar-refractivity contribution in [3.63, 3.8) is 0 Å². The van der Waals surface area contributed by atoms with Gasteiger partial charge in [-0.05, 0) is 60.7 Å². The molecule has 4 nitrogen and oxygen atoms in total. The molecule has 0 saturated carbocycles. The van der Waals surface area contributed by atoms with Gasteiger partial charge in [0.15, 0.2) is 0 Å². The molecule has 1 aliphatic rings. The van der Waals surface area contributed by atoms with E-state index >= 15 is 0 Å². The largest absolute Gasteiger partial charge is 0.339 e. The Labute approximate surface area is 160 Å². The second-order valence-corrected chi connectivity index (χ2v) is 6.89. The zero-order valence-corrected chi connectivity index (χ0v) is 15.0. The first-order valence-electron chi connectivity index (χ1n) is 9.06. The van der Waals surface area contributed by atoms with Crippen LogP contribution in [0.2, 0.25) is 0 Å². The highest BCUT2D eigenvalue weighted by atomic mass is 19.1. The number of piperidine rings is 1. The Balaban J connectivity index is 1.41. The van der Waals surface area contributed by atoms with E-state index in [9.17, 15) is 18.0 Å². The molecule has 0 N–H and O–H groups in total. The van der Waals surface area contributed by atoms with Crippen molar-refractivity contribution in [2.45, 2.75) is 18.8 Å². The SMILES string of the molecule is O=C(c1ccc(F)cc1F)N1CCC(c2cnn(-c3ccc(F)cc3)c2)CC1. The molecule has 1 aromatic heterocycles. The highest BCUT2D eigenvalue weighted by Crippen LogP contribution is 2.29. The number of aromatic nitrogens is 2. The van der Waals surface area contributed by atoms with Gasteiger partial charge in [-0.25, -0.2) is 17.9 Å². The minimum Gasteiger partial charge on any atom is -0.339 e. The van der Waals surface area contributed by atoms with Gasteiger partial charge in [0.1, 0.15) is 17.5 Å². The maximum atomic E-state index is 13.9. The molecule has 1 fully saturated rings. The van der Waals surface area contributed by atoms with Gasteiger partial charge < -0.3 is 4.90 Å². The fourth-order valence-corrected chi connectivity index (χ4v) is 3.53. The van der Waals surface area contributed by atoms with E-state index in [0.717, 1.165) is 36.2 Å². The number of likely N-dealkylation sites (tertiary alicyclic amines) is 1. The molecule has 28 heavy (non-hydrogen) atoms. The van der Waals surface area contributed by atoms with Crippen molar-refractivity contribution in [2.24, 2.45) is 0 Å². The number of benzene rings is 2. The first kappa shape index (κ1) is 18.3. The van der Waals surface area contributed by atoms with E-state index in [0.29, 0.717) is 13.1 Å². The molecule has 0 radical (unpaired) electrons. The quantitative estimate of drug-likeness (QED) is 0.674. The minimum atomic E-state index is -0.840. The summed E-state index contributed by atoms with van der Waals surface area (Å²) in [5.74, 6) is -2.03. The number of rotatable bonds is 3. The first-order valence-corrected chi connectivity index (χ1v) is 9.06. The number of amides is 1. The summed E-state index contributed by atoms with van der Waals surface area (Å²) in [5.41, 5.74) is 1.71. The molecule has 1 saturated heterocycles. The number of nitrogens with zero attached hydrogens (tertiary/aromatic N) is 3. The van der Waals surface area contributed by atoms with Crippen LogP contribution in [-0.4, -0.2) is 33.7 Å². The Morgan fingerprint density at radius 3 is 2.32 bits per heavy atom. The predicted octanol–water partition coefficient (Wildman–Crippen LogP) is 4.31. The highest BCUT2D eigenvalue weighted by Gasteiger charge is 2.27. The maximum Gasteiger partial charge on any atom is 0.256 e. The van der Waals surface area contributed by atoms with Gasteiger partial charge in [-0.1, -0.05) is 0 Å². The lowest BCUT2D eigenvalue weighted by molar-refractivity contribution is 0.0708. The van der Waals surface area contributed by atoms with E-state index in [1.54, 1.807) is 27.9 Å². The van der Waals surface area contributed by atoms with Crippen molar-refractivity contribution in [3.8, 4) is 5.69 Å². The summed E-state index contributed by atoms with van der Waals surface area (Å²) >= 11 is 0. The molecule has 0 unspecified atom stereocenters. The summed E-state index contributed by atoms with van der Waals surface area (Å²) in [5, 5.41) is 4.34. The Morgan fingerprint density at radius 1 is 0.964 bits per heavy atom. The van der Waals surface area contributed by atoms with Crippen molar-refractivity contribution in [2.75, 3.05) is 13.1 Å². The lowest BCUT2D eigenvalue weighted by Gasteiger charge is -2.31. The first-order chi connectivity index (χ1) is 13.5. The third kappa shape index (κ3) is 3.65. The van der Waals surface area contributed by atoms with Crippen LogP contribution in [0, 0.1) is 17.5 Å². The molecular formula is C21H18F3N3O. The molecule has 1 amide bonds. The number of hydrogen-bond acceptors (Lipinski definition) is 2. The molecule has 3 aromatic rings.